The summed E-state index contributed by atoms with van der Waals surface area (Å²) in [5.74, 6) is 0.253. The van der Waals surface area contributed by atoms with Gasteiger partial charge in [0.25, 0.3) is 0 Å². The summed E-state index contributed by atoms with van der Waals surface area (Å²) in [5.41, 5.74) is 0.832. The fraction of sp³-hybridized carbons (Fsp3) is 0.500. The van der Waals surface area contributed by atoms with Gasteiger partial charge in [-0.3, -0.25) is 0 Å². The van der Waals surface area contributed by atoms with Crippen LogP contribution in [0.5, 0.6) is 0 Å². The van der Waals surface area contributed by atoms with Gasteiger partial charge in [0.15, 0.2) is 0 Å². The van der Waals surface area contributed by atoms with Gasteiger partial charge in [0.2, 0.25) is 0 Å². The maximum Gasteiger partial charge on any atom is 0.129 e. The highest BCUT2D eigenvalue weighted by Crippen LogP contribution is 2.23. The minimum absolute atomic E-state index is 0.253. The normalized spacial score (nSPS) is 15.4. The highest BCUT2D eigenvalue weighted by atomic mass is 35.5. The Kier molecular flexibility index (Phi) is 3.70. The van der Waals surface area contributed by atoms with E-state index in [9.17, 15) is 5.11 Å². The second-order valence-electron chi connectivity index (χ2n) is 3.24. The summed E-state index contributed by atoms with van der Waals surface area (Å²) in [6.45, 7) is 4.07. The number of aliphatic hydroxyl groups is 1. The molecule has 0 radical (unpaired) electrons. The Bertz CT molecular complexity index is 260. The van der Waals surface area contributed by atoms with Crippen molar-refractivity contribution in [2.45, 2.75) is 26.4 Å². The molecule has 0 aliphatic heterocycles. The zero-order chi connectivity index (χ0) is 9.84. The van der Waals surface area contributed by atoms with E-state index in [4.69, 9.17) is 11.6 Å². The first kappa shape index (κ1) is 10.5. The van der Waals surface area contributed by atoms with Crippen molar-refractivity contribution in [1.29, 1.82) is 0 Å². The summed E-state index contributed by atoms with van der Waals surface area (Å²) in [6.07, 6.45) is 2.14. The van der Waals surface area contributed by atoms with E-state index in [2.05, 4.69) is 11.9 Å². The molecule has 0 fully saturated rings. The second kappa shape index (κ2) is 4.58. The van der Waals surface area contributed by atoms with Crippen molar-refractivity contribution < 1.29 is 5.11 Å². The van der Waals surface area contributed by atoms with E-state index in [1.54, 1.807) is 12.3 Å². The van der Waals surface area contributed by atoms with Gasteiger partial charge in [-0.15, -0.1) is 0 Å². The van der Waals surface area contributed by atoms with Crippen LogP contribution in [0.25, 0.3) is 0 Å². The van der Waals surface area contributed by atoms with E-state index in [1.165, 1.54) is 0 Å². The molecule has 13 heavy (non-hydrogen) atoms. The van der Waals surface area contributed by atoms with E-state index in [-0.39, 0.29) is 5.92 Å². The summed E-state index contributed by atoms with van der Waals surface area (Å²) in [5, 5.41) is 10.3. The molecule has 0 saturated carbocycles. The van der Waals surface area contributed by atoms with Crippen LogP contribution < -0.4 is 0 Å². The zero-order valence-corrected chi connectivity index (χ0v) is 8.62. The number of hydrogen-bond acceptors (Lipinski definition) is 2. The van der Waals surface area contributed by atoms with Crippen molar-refractivity contribution in [2.75, 3.05) is 0 Å². The summed E-state index contributed by atoms with van der Waals surface area (Å²) in [7, 11) is 0. The van der Waals surface area contributed by atoms with Crippen LogP contribution in [-0.2, 0) is 0 Å². The predicted octanol–water partition coefficient (Wildman–Crippen LogP) is 2.81. The molecule has 2 unspecified atom stereocenters. The fourth-order valence-corrected chi connectivity index (χ4v) is 1.23. The number of aromatic nitrogens is 1. The monoisotopic (exact) mass is 199 g/mol. The van der Waals surface area contributed by atoms with Gasteiger partial charge >= 0.3 is 0 Å². The molecule has 0 aliphatic rings. The van der Waals surface area contributed by atoms with Gasteiger partial charge in [0, 0.05) is 6.20 Å². The topological polar surface area (TPSA) is 33.1 Å². The predicted molar refractivity (Wildman–Crippen MR) is 53.7 cm³/mol. The molecule has 0 bridgehead atoms. The van der Waals surface area contributed by atoms with Gasteiger partial charge in [-0.25, -0.2) is 4.98 Å². The van der Waals surface area contributed by atoms with E-state index >= 15 is 0 Å². The molecule has 0 saturated heterocycles. The van der Waals surface area contributed by atoms with Gasteiger partial charge in [-0.05, 0) is 17.5 Å². The number of hydrogen-bond donors (Lipinski definition) is 1. The molecule has 0 spiro atoms. The lowest BCUT2D eigenvalue weighted by atomic mass is 9.97. The quantitative estimate of drug-likeness (QED) is 0.760. The highest BCUT2D eigenvalue weighted by molar-refractivity contribution is 6.29. The molecule has 1 rings (SSSR count). The average Bonchev–Trinajstić information content (AvgIpc) is 2.17. The molecule has 72 valence electrons. The molecule has 1 heterocycles. The maximum atomic E-state index is 9.80. The van der Waals surface area contributed by atoms with Crippen molar-refractivity contribution >= 4 is 11.6 Å². The van der Waals surface area contributed by atoms with Crippen LogP contribution in [0.15, 0.2) is 18.3 Å². The Balaban J connectivity index is 2.77. The largest absolute Gasteiger partial charge is 0.388 e. The highest BCUT2D eigenvalue weighted by Gasteiger charge is 2.14. The third kappa shape index (κ3) is 2.68. The Labute approximate surface area is 83.6 Å². The van der Waals surface area contributed by atoms with Crippen molar-refractivity contribution in [3.63, 3.8) is 0 Å². The molecular formula is C10H14ClNO. The zero-order valence-electron chi connectivity index (χ0n) is 7.87. The number of aliphatic hydroxyl groups excluding tert-OH is 1. The summed E-state index contributed by atoms with van der Waals surface area (Å²) in [4.78, 5) is 3.92. The molecule has 1 aromatic rings. The van der Waals surface area contributed by atoms with Crippen molar-refractivity contribution in [1.82, 2.24) is 4.98 Å². The average molecular weight is 200 g/mol. The number of nitrogens with zero attached hydrogens (tertiary/aromatic N) is 1. The first-order valence-electron chi connectivity index (χ1n) is 4.44. The minimum atomic E-state index is -0.435. The lowest BCUT2D eigenvalue weighted by molar-refractivity contribution is 0.115. The van der Waals surface area contributed by atoms with Crippen molar-refractivity contribution in [3.05, 3.63) is 29.0 Å². The summed E-state index contributed by atoms with van der Waals surface area (Å²) in [6, 6.07) is 3.51. The molecule has 2 atom stereocenters. The van der Waals surface area contributed by atoms with Gasteiger partial charge in [-0.2, -0.15) is 0 Å². The Morgan fingerprint density at radius 3 is 2.69 bits per heavy atom. The molecule has 3 heteroatoms. The Morgan fingerprint density at radius 2 is 2.23 bits per heavy atom. The first-order chi connectivity index (χ1) is 6.15. The van der Waals surface area contributed by atoms with Crippen LogP contribution in [0.2, 0.25) is 5.15 Å². The van der Waals surface area contributed by atoms with E-state index in [0.29, 0.717) is 5.15 Å². The molecule has 1 aromatic heterocycles. The number of halogens is 1. The Hall–Kier alpha value is -0.600. The van der Waals surface area contributed by atoms with E-state index in [0.717, 1.165) is 12.0 Å². The molecule has 0 aromatic carbocycles. The van der Waals surface area contributed by atoms with Crippen LogP contribution >= 0.6 is 11.6 Å². The summed E-state index contributed by atoms with van der Waals surface area (Å²) < 4.78 is 0. The minimum Gasteiger partial charge on any atom is -0.388 e. The third-order valence-corrected chi connectivity index (χ3v) is 2.50. The van der Waals surface area contributed by atoms with E-state index in [1.807, 2.05) is 13.0 Å². The standard InChI is InChI=1S/C10H14ClNO/c1-3-7(2)10(13)8-4-5-9(11)12-6-8/h4-7,10,13H,3H2,1-2H3. The second-order valence-corrected chi connectivity index (χ2v) is 3.63. The fourth-order valence-electron chi connectivity index (χ4n) is 1.11. The SMILES string of the molecule is CCC(C)C(O)c1ccc(Cl)nc1. The van der Waals surface area contributed by atoms with Crippen LogP contribution in [0.3, 0.4) is 0 Å². The van der Waals surface area contributed by atoms with Gasteiger partial charge in [0.05, 0.1) is 6.10 Å². The van der Waals surface area contributed by atoms with Crippen LogP contribution in [0.1, 0.15) is 31.9 Å². The van der Waals surface area contributed by atoms with Crippen LogP contribution in [0.4, 0.5) is 0 Å². The lowest BCUT2D eigenvalue weighted by Crippen LogP contribution is -2.08. The maximum absolute atomic E-state index is 9.80. The molecule has 0 amide bonds. The van der Waals surface area contributed by atoms with Gasteiger partial charge in [-0.1, -0.05) is 37.9 Å². The van der Waals surface area contributed by atoms with E-state index < -0.39 is 6.10 Å². The molecule has 2 nitrogen and oxygen atoms in total. The van der Waals surface area contributed by atoms with Crippen LogP contribution in [0, 0.1) is 5.92 Å². The molecular weight excluding hydrogens is 186 g/mol. The van der Waals surface area contributed by atoms with Gasteiger partial charge < -0.3 is 5.11 Å². The molecule has 1 N–H and O–H groups in total. The Morgan fingerprint density at radius 1 is 1.54 bits per heavy atom. The molecule has 0 aliphatic carbocycles. The summed E-state index contributed by atoms with van der Waals surface area (Å²) >= 11 is 5.64. The van der Waals surface area contributed by atoms with Crippen LogP contribution in [-0.4, -0.2) is 10.1 Å². The van der Waals surface area contributed by atoms with Crippen molar-refractivity contribution in [2.24, 2.45) is 5.92 Å². The number of rotatable bonds is 3. The van der Waals surface area contributed by atoms with Crippen molar-refractivity contribution in [3.8, 4) is 0 Å². The number of pyridine rings is 1. The van der Waals surface area contributed by atoms with Gasteiger partial charge in [0.1, 0.15) is 5.15 Å². The third-order valence-electron chi connectivity index (χ3n) is 2.27. The smallest absolute Gasteiger partial charge is 0.129 e. The first-order valence-corrected chi connectivity index (χ1v) is 4.82. The lowest BCUT2D eigenvalue weighted by Gasteiger charge is -2.16.